The number of hydrogen-bond acceptors (Lipinski definition) is 4. The highest BCUT2D eigenvalue weighted by atomic mass is 32.2. The average molecular weight is 600 g/mol. The van der Waals surface area contributed by atoms with Gasteiger partial charge in [0, 0.05) is 6.42 Å². The second-order valence-corrected chi connectivity index (χ2v) is 12.2. The molecule has 0 aliphatic heterocycles. The molecule has 3 rings (SSSR count). The summed E-state index contributed by atoms with van der Waals surface area (Å²) in [6.07, 6.45) is 2.20. The number of unbranched alkanes of at least 4 members (excludes halogenated alkanes) is 3. The second kappa shape index (κ2) is 15.8. The molecule has 0 unspecified atom stereocenters. The fraction of sp³-hybridized carbons (Fsp3) is 0.562. The summed E-state index contributed by atoms with van der Waals surface area (Å²) in [5.74, 6) is -2.99. The lowest BCUT2D eigenvalue weighted by molar-refractivity contribution is -0.284. The number of allylic oxidation sites excluding steroid dienone is 2. The monoisotopic (exact) mass is 599 g/mol. The molecule has 2 aromatic rings. The summed E-state index contributed by atoms with van der Waals surface area (Å²) in [7, 11) is 2.05. The average Bonchev–Trinajstić information content (AvgIpc) is 3.08. The predicted octanol–water partition coefficient (Wildman–Crippen LogP) is 9.33. The van der Waals surface area contributed by atoms with Gasteiger partial charge in [0.1, 0.15) is 11.5 Å². The highest BCUT2D eigenvalue weighted by Crippen LogP contribution is 2.41. The smallest absolute Gasteiger partial charge is 0.453 e. The molecule has 1 aliphatic carbocycles. The lowest BCUT2D eigenvalue weighted by Crippen LogP contribution is -2.36. The molecule has 0 saturated heterocycles. The zero-order valence-electron chi connectivity index (χ0n) is 23.8. The number of benzene rings is 2. The van der Waals surface area contributed by atoms with E-state index in [9.17, 15) is 32.2 Å². The third-order valence-electron chi connectivity index (χ3n) is 7.59. The Kier molecular flexibility index (Phi) is 12.8. The van der Waals surface area contributed by atoms with Gasteiger partial charge in [-0.1, -0.05) is 31.0 Å². The minimum Gasteiger partial charge on any atom is -0.508 e. The Morgan fingerprint density at radius 2 is 1.51 bits per heavy atom. The molecule has 0 amide bonds. The van der Waals surface area contributed by atoms with Crippen LogP contribution in [-0.4, -0.2) is 58.9 Å². The van der Waals surface area contributed by atoms with Crippen molar-refractivity contribution >= 4 is 22.9 Å². The number of hydrogen-bond donors (Lipinski definition) is 2. The third-order valence-corrected chi connectivity index (χ3v) is 8.74. The Morgan fingerprint density at radius 3 is 2.27 bits per heavy atom. The number of thioether (sulfide) groups is 1. The van der Waals surface area contributed by atoms with E-state index in [-0.39, 0.29) is 17.9 Å². The first-order valence-corrected chi connectivity index (χ1v) is 15.7. The van der Waals surface area contributed by atoms with E-state index < -0.39 is 18.5 Å². The number of nitrogens with zero attached hydrogens (tertiary/aromatic N) is 1. The van der Waals surface area contributed by atoms with Crippen LogP contribution in [0.4, 0.5) is 22.0 Å². The summed E-state index contributed by atoms with van der Waals surface area (Å²) >= 11 is 1.43. The van der Waals surface area contributed by atoms with E-state index in [1.165, 1.54) is 34.0 Å². The quantitative estimate of drug-likeness (QED) is 0.149. The van der Waals surface area contributed by atoms with Crippen molar-refractivity contribution in [1.29, 1.82) is 0 Å². The van der Waals surface area contributed by atoms with E-state index in [2.05, 4.69) is 18.0 Å². The van der Waals surface area contributed by atoms with Gasteiger partial charge in [-0.05, 0) is 135 Å². The molecule has 0 radical (unpaired) electrons. The van der Waals surface area contributed by atoms with E-state index in [0.717, 1.165) is 82.2 Å². The molecule has 228 valence electrons. The zero-order valence-corrected chi connectivity index (χ0v) is 24.6. The van der Waals surface area contributed by atoms with Crippen molar-refractivity contribution in [2.75, 3.05) is 31.6 Å². The Morgan fingerprint density at radius 1 is 0.805 bits per heavy atom. The van der Waals surface area contributed by atoms with Crippen molar-refractivity contribution in [3.05, 3.63) is 59.2 Å². The minimum absolute atomic E-state index is 0.146. The number of phenols is 2. The van der Waals surface area contributed by atoms with E-state index in [1.54, 1.807) is 12.1 Å². The van der Waals surface area contributed by atoms with Gasteiger partial charge in [0.2, 0.25) is 0 Å². The van der Waals surface area contributed by atoms with Crippen molar-refractivity contribution < 1.29 is 32.2 Å². The molecule has 3 nitrogen and oxygen atoms in total. The first-order valence-electron chi connectivity index (χ1n) is 14.5. The van der Waals surface area contributed by atoms with Crippen molar-refractivity contribution in [2.24, 2.45) is 0 Å². The normalized spacial score (nSPS) is 14.4. The number of aryl methyl sites for hydroxylation is 1. The Bertz CT molecular complexity index is 1140. The Balaban J connectivity index is 1.38. The van der Waals surface area contributed by atoms with Crippen LogP contribution in [0.2, 0.25) is 0 Å². The number of fused-ring (bicyclic) bond motifs is 1. The lowest BCUT2D eigenvalue weighted by atomic mass is 9.89. The number of aromatic hydroxyl groups is 2. The van der Waals surface area contributed by atoms with Gasteiger partial charge in [0.05, 0.1) is 0 Å². The fourth-order valence-electron chi connectivity index (χ4n) is 5.37. The van der Waals surface area contributed by atoms with Crippen LogP contribution in [0.15, 0.2) is 42.5 Å². The van der Waals surface area contributed by atoms with Crippen LogP contribution in [0.5, 0.6) is 11.5 Å². The SMILES string of the molecule is CN(CCCCCCC1=C(c2cccc(O)c2)CCCc2cc(O)ccc21)CCCSCCCC(F)(F)C(F)(F)F. The zero-order chi connectivity index (χ0) is 29.9. The Labute approximate surface area is 244 Å². The molecular weight excluding hydrogens is 557 g/mol. The molecule has 2 aromatic carbocycles. The van der Waals surface area contributed by atoms with Crippen LogP contribution in [0.1, 0.15) is 80.9 Å². The molecule has 41 heavy (non-hydrogen) atoms. The highest BCUT2D eigenvalue weighted by molar-refractivity contribution is 7.99. The van der Waals surface area contributed by atoms with Gasteiger partial charge in [-0.3, -0.25) is 0 Å². The summed E-state index contributed by atoms with van der Waals surface area (Å²) < 4.78 is 62.5. The van der Waals surface area contributed by atoms with Gasteiger partial charge in [0.15, 0.2) is 0 Å². The summed E-state index contributed by atoms with van der Waals surface area (Å²) in [6.45, 7) is 1.83. The van der Waals surface area contributed by atoms with Crippen molar-refractivity contribution in [2.45, 2.75) is 82.7 Å². The first-order chi connectivity index (χ1) is 19.5. The largest absolute Gasteiger partial charge is 0.508 e. The van der Waals surface area contributed by atoms with Gasteiger partial charge < -0.3 is 15.1 Å². The summed E-state index contributed by atoms with van der Waals surface area (Å²) in [4.78, 5) is 2.24. The lowest BCUT2D eigenvalue weighted by Gasteiger charge is -2.19. The first kappa shape index (κ1) is 33.2. The van der Waals surface area contributed by atoms with Crippen LogP contribution in [-0.2, 0) is 6.42 Å². The summed E-state index contributed by atoms with van der Waals surface area (Å²) in [5, 5.41) is 20.1. The minimum atomic E-state index is -5.46. The predicted molar refractivity (Wildman–Crippen MR) is 159 cm³/mol. The standard InChI is InChI=1S/C32H42F5NO2S/c1-38(19-9-21-41-20-8-17-31(33,34)32(35,36)37)18-5-3-2-4-13-30-28(24-10-6-12-26(39)22-24)14-7-11-25-23-27(40)15-16-29(25)30/h6,10,12,15-16,22-23,39-40H,2-5,7-9,11,13-14,17-21H2,1H3. The fourth-order valence-corrected chi connectivity index (χ4v) is 6.26. The van der Waals surface area contributed by atoms with Crippen molar-refractivity contribution in [3.8, 4) is 11.5 Å². The number of phenolic OH excluding ortho intramolecular Hbond substituents is 2. The van der Waals surface area contributed by atoms with E-state index in [4.69, 9.17) is 0 Å². The maximum atomic E-state index is 12.9. The van der Waals surface area contributed by atoms with E-state index >= 15 is 0 Å². The van der Waals surface area contributed by atoms with Gasteiger partial charge in [-0.25, -0.2) is 0 Å². The maximum absolute atomic E-state index is 12.9. The van der Waals surface area contributed by atoms with Gasteiger partial charge in [-0.2, -0.15) is 33.7 Å². The Hall–Kier alpha value is -2.26. The highest BCUT2D eigenvalue weighted by Gasteiger charge is 2.56. The molecule has 0 bridgehead atoms. The molecule has 9 heteroatoms. The van der Waals surface area contributed by atoms with Gasteiger partial charge in [0.25, 0.3) is 0 Å². The number of halogens is 5. The molecule has 2 N–H and O–H groups in total. The van der Waals surface area contributed by atoms with Crippen molar-refractivity contribution in [1.82, 2.24) is 4.90 Å². The van der Waals surface area contributed by atoms with E-state index in [1.807, 2.05) is 24.3 Å². The van der Waals surface area contributed by atoms with Crippen molar-refractivity contribution in [3.63, 3.8) is 0 Å². The number of rotatable bonds is 16. The molecule has 0 aromatic heterocycles. The van der Waals surface area contributed by atoms with Crippen LogP contribution in [0, 0.1) is 0 Å². The third kappa shape index (κ3) is 10.5. The molecule has 0 heterocycles. The summed E-state index contributed by atoms with van der Waals surface area (Å²) in [6, 6.07) is 13.1. The van der Waals surface area contributed by atoms with Crippen LogP contribution in [0.3, 0.4) is 0 Å². The maximum Gasteiger partial charge on any atom is 0.453 e. The molecule has 0 saturated carbocycles. The van der Waals surface area contributed by atoms with Gasteiger partial charge in [-0.15, -0.1) is 0 Å². The van der Waals surface area contributed by atoms with E-state index in [0.29, 0.717) is 5.75 Å². The molecule has 0 spiro atoms. The number of alkyl halides is 5. The van der Waals surface area contributed by atoms with Crippen LogP contribution in [0.25, 0.3) is 11.1 Å². The van der Waals surface area contributed by atoms with Crippen LogP contribution < -0.4 is 0 Å². The van der Waals surface area contributed by atoms with Crippen LogP contribution >= 0.6 is 11.8 Å². The molecule has 0 fully saturated rings. The topological polar surface area (TPSA) is 43.7 Å². The van der Waals surface area contributed by atoms with Gasteiger partial charge >= 0.3 is 12.1 Å². The second-order valence-electron chi connectivity index (χ2n) is 10.9. The molecule has 0 atom stereocenters. The molecule has 1 aliphatic rings. The summed E-state index contributed by atoms with van der Waals surface area (Å²) in [5.41, 5.74) is 6.01. The molecular formula is C32H42F5NO2S.